The van der Waals surface area contributed by atoms with E-state index in [1.165, 1.54) is 25.7 Å². The van der Waals surface area contributed by atoms with Gasteiger partial charge >= 0.3 is 0 Å². The summed E-state index contributed by atoms with van der Waals surface area (Å²) in [5.41, 5.74) is 0.990. The Morgan fingerprint density at radius 3 is 2.75 bits per heavy atom. The molecular weight excluding hydrogens is 200 g/mol. The summed E-state index contributed by atoms with van der Waals surface area (Å²) in [6, 6.07) is 5.98. The van der Waals surface area contributed by atoms with E-state index >= 15 is 0 Å². The quantitative estimate of drug-likeness (QED) is 0.846. The number of hydrogen-bond donors (Lipinski definition) is 1. The molecule has 1 aliphatic carbocycles. The van der Waals surface area contributed by atoms with Gasteiger partial charge in [-0.05, 0) is 30.9 Å². The number of aromatic nitrogens is 1. The summed E-state index contributed by atoms with van der Waals surface area (Å²) in [7, 11) is 0. The lowest BCUT2D eigenvalue weighted by Gasteiger charge is -2.23. The van der Waals surface area contributed by atoms with Gasteiger partial charge in [-0.15, -0.1) is 0 Å². The molecule has 1 atom stereocenters. The van der Waals surface area contributed by atoms with E-state index in [0.29, 0.717) is 5.92 Å². The number of hydrogen-bond acceptors (Lipinski definition) is 2. The van der Waals surface area contributed by atoms with Gasteiger partial charge in [-0.25, -0.2) is 0 Å². The Hall–Kier alpha value is -1.38. The molecule has 3 heteroatoms. The highest BCUT2D eigenvalue weighted by Crippen LogP contribution is 2.34. The van der Waals surface area contributed by atoms with E-state index < -0.39 is 0 Å². The second-order valence-electron chi connectivity index (χ2n) is 4.48. The molecule has 0 saturated heterocycles. The lowest BCUT2D eigenvalue weighted by molar-refractivity contribution is -0.120. The normalized spacial score (nSPS) is 18.3. The number of rotatable bonds is 3. The Morgan fingerprint density at radius 2 is 2.19 bits per heavy atom. The third-order valence-electron chi connectivity index (χ3n) is 3.24. The number of carbonyl (C=O) groups excluding carboxylic acids is 1. The van der Waals surface area contributed by atoms with Crippen LogP contribution in [0.15, 0.2) is 24.4 Å². The van der Waals surface area contributed by atoms with E-state index in [4.69, 9.17) is 0 Å². The van der Waals surface area contributed by atoms with Crippen molar-refractivity contribution in [3.63, 3.8) is 0 Å². The zero-order valence-corrected chi connectivity index (χ0v) is 9.65. The predicted molar refractivity (Wildman–Crippen MR) is 62.8 cm³/mol. The van der Waals surface area contributed by atoms with Gasteiger partial charge < -0.3 is 5.32 Å². The van der Waals surface area contributed by atoms with E-state index in [1.54, 1.807) is 13.1 Å². The van der Waals surface area contributed by atoms with Gasteiger partial charge in [0, 0.05) is 13.1 Å². The second-order valence-corrected chi connectivity index (χ2v) is 4.48. The molecule has 1 saturated carbocycles. The Labute approximate surface area is 96.3 Å². The molecule has 0 spiro atoms. The molecule has 0 bridgehead atoms. The highest BCUT2D eigenvalue weighted by Gasteiger charge is 2.27. The maximum atomic E-state index is 11.2. The summed E-state index contributed by atoms with van der Waals surface area (Å²) in [6.45, 7) is 1.57. The molecule has 0 aromatic carbocycles. The molecule has 1 amide bonds. The Balaban J connectivity index is 2.16. The summed E-state index contributed by atoms with van der Waals surface area (Å²) < 4.78 is 0. The molecule has 0 radical (unpaired) electrons. The van der Waals surface area contributed by atoms with Crippen molar-refractivity contribution in [3.05, 3.63) is 30.1 Å². The van der Waals surface area contributed by atoms with Gasteiger partial charge in [0.15, 0.2) is 0 Å². The minimum absolute atomic E-state index is 0.0301. The zero-order chi connectivity index (χ0) is 11.4. The van der Waals surface area contributed by atoms with E-state index in [9.17, 15) is 4.79 Å². The smallest absolute Gasteiger partial charge is 0.217 e. The molecule has 3 nitrogen and oxygen atoms in total. The molecule has 86 valence electrons. The average molecular weight is 218 g/mol. The first-order chi connectivity index (χ1) is 7.77. The summed E-state index contributed by atoms with van der Waals surface area (Å²) in [6.07, 6.45) is 6.73. The second kappa shape index (κ2) is 5.10. The highest BCUT2D eigenvalue weighted by molar-refractivity contribution is 5.73. The summed E-state index contributed by atoms with van der Waals surface area (Å²) in [4.78, 5) is 15.6. The third kappa shape index (κ3) is 2.60. The molecule has 1 N–H and O–H groups in total. The fourth-order valence-electron chi connectivity index (χ4n) is 2.50. The van der Waals surface area contributed by atoms with Gasteiger partial charge in [0.1, 0.15) is 0 Å². The van der Waals surface area contributed by atoms with Crippen LogP contribution in [0, 0.1) is 5.92 Å². The van der Waals surface area contributed by atoms with Crippen molar-refractivity contribution in [2.75, 3.05) is 0 Å². The van der Waals surface area contributed by atoms with E-state index in [0.717, 1.165) is 5.69 Å². The van der Waals surface area contributed by atoms with E-state index in [-0.39, 0.29) is 11.9 Å². The number of carbonyl (C=O) groups is 1. The maximum Gasteiger partial charge on any atom is 0.217 e. The largest absolute Gasteiger partial charge is 0.348 e. The van der Waals surface area contributed by atoms with Crippen LogP contribution in [0.3, 0.4) is 0 Å². The number of nitrogens with zero attached hydrogens (tertiary/aromatic N) is 1. The standard InChI is InChI=1S/C13H18N2O/c1-10(16)15-13(11-6-2-3-7-11)12-8-4-5-9-14-12/h4-5,8-9,11,13H,2-3,6-7H2,1H3,(H,15,16). The van der Waals surface area contributed by atoms with Crippen LogP contribution in [0.4, 0.5) is 0 Å². The topological polar surface area (TPSA) is 42.0 Å². The van der Waals surface area contributed by atoms with Crippen molar-refractivity contribution in [2.24, 2.45) is 5.92 Å². The average Bonchev–Trinajstić information content (AvgIpc) is 2.80. The monoisotopic (exact) mass is 218 g/mol. The molecule has 1 aromatic heterocycles. The van der Waals surface area contributed by atoms with Gasteiger partial charge in [0.05, 0.1) is 11.7 Å². The van der Waals surface area contributed by atoms with Gasteiger partial charge in [0.2, 0.25) is 5.91 Å². The summed E-state index contributed by atoms with van der Waals surface area (Å²) in [5, 5.41) is 3.04. The van der Waals surface area contributed by atoms with Crippen molar-refractivity contribution < 1.29 is 4.79 Å². The molecule has 16 heavy (non-hydrogen) atoms. The molecule has 0 aliphatic heterocycles. The SMILES string of the molecule is CC(=O)NC(c1ccccn1)C1CCCC1. The van der Waals surface area contributed by atoms with E-state index in [1.807, 2.05) is 18.2 Å². The Bertz CT molecular complexity index is 344. The van der Waals surface area contributed by atoms with Gasteiger partial charge in [-0.2, -0.15) is 0 Å². The van der Waals surface area contributed by atoms with Crippen LogP contribution >= 0.6 is 0 Å². The minimum atomic E-state index is 0.0301. The minimum Gasteiger partial charge on any atom is -0.348 e. The van der Waals surface area contributed by atoms with Crippen LogP contribution in [0.25, 0.3) is 0 Å². The Morgan fingerprint density at radius 1 is 1.44 bits per heavy atom. The number of pyridine rings is 1. The third-order valence-corrected chi connectivity index (χ3v) is 3.24. The van der Waals surface area contributed by atoms with Crippen molar-refractivity contribution in [3.8, 4) is 0 Å². The lowest BCUT2D eigenvalue weighted by atomic mass is 9.95. The van der Waals surface area contributed by atoms with Crippen molar-refractivity contribution >= 4 is 5.91 Å². The maximum absolute atomic E-state index is 11.2. The molecule has 1 aromatic rings. The van der Waals surface area contributed by atoms with Gasteiger partial charge in [0.25, 0.3) is 0 Å². The molecular formula is C13H18N2O. The van der Waals surface area contributed by atoms with Crippen LogP contribution in [0.1, 0.15) is 44.3 Å². The van der Waals surface area contributed by atoms with Crippen LogP contribution < -0.4 is 5.32 Å². The molecule has 2 rings (SSSR count). The van der Waals surface area contributed by atoms with E-state index in [2.05, 4.69) is 10.3 Å². The summed E-state index contributed by atoms with van der Waals surface area (Å²) in [5.74, 6) is 0.585. The van der Waals surface area contributed by atoms with Crippen LogP contribution in [0.5, 0.6) is 0 Å². The fourth-order valence-corrected chi connectivity index (χ4v) is 2.50. The first-order valence-corrected chi connectivity index (χ1v) is 5.95. The molecule has 1 unspecified atom stereocenters. The predicted octanol–water partition coefficient (Wildman–Crippen LogP) is 2.45. The first kappa shape index (κ1) is 11.1. The molecule has 1 heterocycles. The molecule has 1 aliphatic rings. The van der Waals surface area contributed by atoms with Crippen molar-refractivity contribution in [1.82, 2.24) is 10.3 Å². The van der Waals surface area contributed by atoms with Crippen molar-refractivity contribution in [2.45, 2.75) is 38.6 Å². The highest BCUT2D eigenvalue weighted by atomic mass is 16.1. The van der Waals surface area contributed by atoms with Crippen LogP contribution in [-0.2, 0) is 4.79 Å². The van der Waals surface area contributed by atoms with Gasteiger partial charge in [-0.1, -0.05) is 18.9 Å². The van der Waals surface area contributed by atoms with Crippen LogP contribution in [-0.4, -0.2) is 10.9 Å². The lowest BCUT2D eigenvalue weighted by Crippen LogP contribution is -2.31. The fraction of sp³-hybridized carbons (Fsp3) is 0.538. The number of amides is 1. The number of nitrogens with one attached hydrogen (secondary N) is 1. The first-order valence-electron chi connectivity index (χ1n) is 5.95. The molecule has 1 fully saturated rings. The van der Waals surface area contributed by atoms with Crippen molar-refractivity contribution in [1.29, 1.82) is 0 Å². The summed E-state index contributed by atoms with van der Waals surface area (Å²) >= 11 is 0. The zero-order valence-electron chi connectivity index (χ0n) is 9.65. The van der Waals surface area contributed by atoms with Gasteiger partial charge in [-0.3, -0.25) is 9.78 Å². The van der Waals surface area contributed by atoms with Crippen LogP contribution in [0.2, 0.25) is 0 Å². The Kier molecular flexibility index (Phi) is 3.54.